The number of benzene rings is 1. The Labute approximate surface area is 93.2 Å². The molecule has 0 saturated carbocycles. The van der Waals surface area contributed by atoms with Gasteiger partial charge in [-0.2, -0.15) is 0 Å². The molecule has 2 N–H and O–H groups in total. The monoisotopic (exact) mass is 243 g/mol. The Bertz CT molecular complexity index is 609. The van der Waals surface area contributed by atoms with E-state index in [1.54, 1.807) is 0 Å². The number of halogens is 2. The second-order valence-electron chi connectivity index (χ2n) is 2.79. The van der Waals surface area contributed by atoms with Gasteiger partial charge in [0, 0.05) is 0 Å². The molecule has 5 nitrogen and oxygen atoms in total. The molecule has 2 rings (SSSR count). The smallest absolute Gasteiger partial charge is 0.338 e. The van der Waals surface area contributed by atoms with E-state index in [9.17, 15) is 9.59 Å². The predicted molar refractivity (Wildman–Crippen MR) is 53.2 cm³/mol. The van der Waals surface area contributed by atoms with Gasteiger partial charge in [0.25, 0.3) is 0 Å². The number of nitrogen functional groups attached to an aromatic ring is 1. The number of carbonyl (C=O) groups excluding carboxylic acids is 2. The maximum absolute atomic E-state index is 11.0. The van der Waals surface area contributed by atoms with E-state index in [0.29, 0.717) is 0 Å². The molecule has 7 heteroatoms. The number of anilines is 1. The van der Waals surface area contributed by atoms with Crippen molar-refractivity contribution in [1.29, 1.82) is 0 Å². The van der Waals surface area contributed by atoms with Gasteiger partial charge in [0.2, 0.25) is 0 Å². The van der Waals surface area contributed by atoms with Crippen LogP contribution < -0.4 is 16.4 Å². The van der Waals surface area contributed by atoms with Crippen LogP contribution in [0.3, 0.4) is 0 Å². The Balaban J connectivity index is 2.97. The van der Waals surface area contributed by atoms with E-state index in [4.69, 9.17) is 28.9 Å². The average molecular weight is 244 g/mol. The van der Waals surface area contributed by atoms with Gasteiger partial charge < -0.3 is 5.73 Å². The van der Waals surface area contributed by atoms with Crippen LogP contribution in [0.1, 0.15) is 0 Å². The van der Waals surface area contributed by atoms with E-state index < -0.39 is 11.8 Å². The highest BCUT2D eigenvalue weighted by molar-refractivity contribution is 6.43. The van der Waals surface area contributed by atoms with Crippen LogP contribution in [0.4, 0.5) is 5.69 Å². The number of nitrogens with zero attached hydrogens (tertiary/aromatic N) is 2. The first-order valence-electron chi connectivity index (χ1n) is 3.80. The lowest BCUT2D eigenvalue weighted by Gasteiger charge is -2.03. The van der Waals surface area contributed by atoms with Crippen LogP contribution in [0.5, 0.6) is 0 Å². The summed E-state index contributed by atoms with van der Waals surface area (Å²) in [5, 5.41) is 0.506. The van der Waals surface area contributed by atoms with Gasteiger partial charge in [-0.25, -0.2) is 9.98 Å². The first-order chi connectivity index (χ1) is 7.00. The molecule has 0 atom stereocenters. The molecule has 1 aromatic carbocycles. The van der Waals surface area contributed by atoms with Crippen molar-refractivity contribution in [2.75, 3.05) is 5.73 Å². The van der Waals surface area contributed by atoms with Gasteiger partial charge in [-0.15, -0.1) is 0 Å². The maximum Gasteiger partial charge on any atom is 0.338 e. The molecule has 0 fully saturated rings. The van der Waals surface area contributed by atoms with Gasteiger partial charge in [0.15, 0.2) is 0 Å². The quantitative estimate of drug-likeness (QED) is 0.510. The average Bonchev–Trinajstić information content (AvgIpc) is 2.19. The molecule has 1 aliphatic rings. The number of carbonyl (C=O) groups is 2. The number of hydrogen-bond donors (Lipinski definition) is 1. The van der Waals surface area contributed by atoms with Crippen LogP contribution in [-0.2, 0) is 9.59 Å². The molecule has 0 radical (unpaired) electrons. The lowest BCUT2D eigenvalue weighted by molar-refractivity contribution is -0.135. The molecule has 15 heavy (non-hydrogen) atoms. The molecule has 2 amide bonds. The Hall–Kier alpha value is -1.46. The number of rotatable bonds is 0. The molecule has 0 saturated heterocycles. The molecule has 1 aliphatic heterocycles. The minimum Gasteiger partial charge on any atom is -0.396 e. The van der Waals surface area contributed by atoms with Gasteiger partial charge in [0.1, 0.15) is 5.36 Å². The van der Waals surface area contributed by atoms with Crippen molar-refractivity contribution in [3.63, 3.8) is 0 Å². The minimum atomic E-state index is -0.965. The Morgan fingerprint density at radius 1 is 1.13 bits per heavy atom. The summed E-state index contributed by atoms with van der Waals surface area (Å²) in [6.45, 7) is 0. The van der Waals surface area contributed by atoms with Gasteiger partial charge in [-0.3, -0.25) is 9.59 Å². The van der Waals surface area contributed by atoms with Crippen molar-refractivity contribution in [2.45, 2.75) is 0 Å². The van der Waals surface area contributed by atoms with Crippen molar-refractivity contribution >= 4 is 40.7 Å². The number of fused-ring (bicyclic) bond motifs is 1. The van der Waals surface area contributed by atoms with E-state index in [1.807, 2.05) is 0 Å². The summed E-state index contributed by atoms with van der Waals surface area (Å²) in [5.41, 5.74) is 5.62. The topological polar surface area (TPSA) is 84.9 Å². The highest BCUT2D eigenvalue weighted by Gasteiger charge is 2.18. The third-order valence-electron chi connectivity index (χ3n) is 1.83. The third kappa shape index (κ3) is 1.49. The van der Waals surface area contributed by atoms with Crippen LogP contribution in [-0.4, -0.2) is 11.8 Å². The second-order valence-corrected chi connectivity index (χ2v) is 3.57. The molecule has 0 bridgehead atoms. The fourth-order valence-electron chi connectivity index (χ4n) is 1.13. The Morgan fingerprint density at radius 2 is 1.73 bits per heavy atom. The van der Waals surface area contributed by atoms with Crippen LogP contribution >= 0.6 is 23.2 Å². The number of amides is 2. The van der Waals surface area contributed by atoms with Gasteiger partial charge in [-0.05, 0) is 6.07 Å². The summed E-state index contributed by atoms with van der Waals surface area (Å²) in [5.74, 6) is -1.91. The fraction of sp³-hybridized carbons (Fsp3) is 0. The molecule has 0 aliphatic carbocycles. The normalized spacial score (nSPS) is 14.3. The summed E-state index contributed by atoms with van der Waals surface area (Å²) in [7, 11) is 0. The van der Waals surface area contributed by atoms with E-state index in [0.717, 1.165) is 0 Å². The van der Waals surface area contributed by atoms with E-state index in [2.05, 4.69) is 9.98 Å². The first kappa shape index (κ1) is 10.1. The highest BCUT2D eigenvalue weighted by atomic mass is 35.5. The zero-order valence-corrected chi connectivity index (χ0v) is 8.63. The van der Waals surface area contributed by atoms with Crippen LogP contribution in [0.25, 0.3) is 0 Å². The summed E-state index contributed by atoms with van der Waals surface area (Å²) in [4.78, 5) is 28.9. The summed E-state index contributed by atoms with van der Waals surface area (Å²) in [6, 6.07) is 1.34. The summed E-state index contributed by atoms with van der Waals surface area (Å²) < 4.78 is 0. The molecule has 0 spiro atoms. The van der Waals surface area contributed by atoms with Crippen LogP contribution in [0, 0.1) is 0 Å². The van der Waals surface area contributed by atoms with Crippen LogP contribution in [0.15, 0.2) is 16.1 Å². The van der Waals surface area contributed by atoms with Crippen molar-refractivity contribution in [1.82, 2.24) is 0 Å². The lowest BCUT2D eigenvalue weighted by Crippen LogP contribution is -2.36. The number of nitrogens with two attached hydrogens (primary N) is 1. The maximum atomic E-state index is 11.0. The minimum absolute atomic E-state index is 0.0452. The lowest BCUT2D eigenvalue weighted by atomic mass is 10.2. The highest BCUT2D eigenvalue weighted by Crippen LogP contribution is 2.23. The molecule has 1 aromatic rings. The standard InChI is InChI=1S/C8H3Cl2N3O2/c9-2-1-3-6(5(11)4(2)10)13-8(15)7(14)12-3/h1H,11H2. The third-order valence-corrected chi connectivity index (χ3v) is 2.63. The SMILES string of the molecule is Nc1c(Cl)c(Cl)cc2c1=NC(=O)C(=O)N=2. The van der Waals surface area contributed by atoms with Gasteiger partial charge in [-0.1, -0.05) is 23.2 Å². The largest absolute Gasteiger partial charge is 0.396 e. The summed E-state index contributed by atoms with van der Waals surface area (Å²) >= 11 is 11.5. The molecule has 0 aromatic heterocycles. The van der Waals surface area contributed by atoms with Crippen molar-refractivity contribution in [3.8, 4) is 0 Å². The number of hydrogen-bond acceptors (Lipinski definition) is 3. The van der Waals surface area contributed by atoms with Crippen molar-refractivity contribution in [3.05, 3.63) is 26.8 Å². The predicted octanol–water partition coefficient (Wildman–Crippen LogP) is -0.118. The molecular weight excluding hydrogens is 241 g/mol. The van der Waals surface area contributed by atoms with E-state index in [1.165, 1.54) is 6.07 Å². The fourth-order valence-corrected chi connectivity index (χ4v) is 1.48. The summed E-state index contributed by atoms with van der Waals surface area (Å²) in [6.07, 6.45) is 0. The van der Waals surface area contributed by atoms with Crippen molar-refractivity contribution in [2.24, 2.45) is 9.98 Å². The molecule has 0 unspecified atom stereocenters. The zero-order chi connectivity index (χ0) is 11.2. The zero-order valence-electron chi connectivity index (χ0n) is 7.12. The molecule has 1 heterocycles. The second kappa shape index (κ2) is 3.29. The van der Waals surface area contributed by atoms with Crippen LogP contribution in [0.2, 0.25) is 10.0 Å². The Kier molecular flexibility index (Phi) is 2.21. The van der Waals surface area contributed by atoms with Gasteiger partial charge in [0.05, 0.1) is 21.1 Å². The van der Waals surface area contributed by atoms with Gasteiger partial charge >= 0.3 is 11.8 Å². The first-order valence-corrected chi connectivity index (χ1v) is 4.55. The molecule has 76 valence electrons. The molecular formula is C8H3Cl2N3O2. The van der Waals surface area contributed by atoms with E-state index >= 15 is 0 Å². The Morgan fingerprint density at radius 3 is 2.40 bits per heavy atom. The van der Waals surface area contributed by atoms with Crippen molar-refractivity contribution < 1.29 is 9.59 Å². The van der Waals surface area contributed by atoms with E-state index in [-0.39, 0.29) is 26.4 Å².